The number of nitrogens with one attached hydrogen (secondary N) is 1. The van der Waals surface area contributed by atoms with Crippen molar-refractivity contribution in [2.75, 3.05) is 26.7 Å². The van der Waals surface area contributed by atoms with Crippen molar-refractivity contribution in [3.8, 4) is 0 Å². The second kappa shape index (κ2) is 6.19. The number of likely N-dealkylation sites (tertiary alicyclic amines) is 1. The van der Waals surface area contributed by atoms with Crippen LogP contribution in [0.25, 0.3) is 0 Å². The predicted octanol–water partition coefficient (Wildman–Crippen LogP) is 3.03. The van der Waals surface area contributed by atoms with E-state index in [1.54, 1.807) is 0 Å². The SMILES string of the molecule is CNC(C)CCN1CCC2(CCCCC2)CC1. The van der Waals surface area contributed by atoms with Crippen LogP contribution in [0.2, 0.25) is 0 Å². The van der Waals surface area contributed by atoms with Crippen LogP contribution in [0.15, 0.2) is 0 Å². The molecule has 0 radical (unpaired) electrons. The molecule has 0 aromatic heterocycles. The summed E-state index contributed by atoms with van der Waals surface area (Å²) in [7, 11) is 2.07. The van der Waals surface area contributed by atoms with E-state index in [1.165, 1.54) is 71.0 Å². The fourth-order valence-corrected chi connectivity index (χ4v) is 3.57. The van der Waals surface area contributed by atoms with Gasteiger partial charge in [0.15, 0.2) is 0 Å². The maximum atomic E-state index is 3.33. The summed E-state index contributed by atoms with van der Waals surface area (Å²) in [6.07, 6.45) is 11.8. The summed E-state index contributed by atoms with van der Waals surface area (Å²) >= 11 is 0. The fraction of sp³-hybridized carbons (Fsp3) is 1.00. The quantitative estimate of drug-likeness (QED) is 0.810. The molecule has 0 bridgehead atoms. The Bertz CT molecular complexity index is 211. The summed E-state index contributed by atoms with van der Waals surface area (Å²) in [4.78, 5) is 2.69. The van der Waals surface area contributed by atoms with Crippen LogP contribution in [-0.4, -0.2) is 37.6 Å². The molecule has 17 heavy (non-hydrogen) atoms. The average molecular weight is 238 g/mol. The molecule has 1 heterocycles. The summed E-state index contributed by atoms with van der Waals surface area (Å²) in [6, 6.07) is 0.667. The lowest BCUT2D eigenvalue weighted by molar-refractivity contribution is 0.0662. The molecule has 1 aliphatic carbocycles. The van der Waals surface area contributed by atoms with Gasteiger partial charge in [-0.15, -0.1) is 0 Å². The van der Waals surface area contributed by atoms with Gasteiger partial charge in [-0.05, 0) is 71.1 Å². The number of nitrogens with zero attached hydrogens (tertiary/aromatic N) is 1. The first-order chi connectivity index (χ1) is 8.24. The van der Waals surface area contributed by atoms with Gasteiger partial charge in [0, 0.05) is 6.04 Å². The van der Waals surface area contributed by atoms with E-state index in [1.807, 2.05) is 0 Å². The van der Waals surface area contributed by atoms with Crippen LogP contribution in [0.1, 0.15) is 58.3 Å². The second-order valence-electron chi connectivity index (χ2n) is 6.38. The van der Waals surface area contributed by atoms with Gasteiger partial charge >= 0.3 is 0 Å². The maximum Gasteiger partial charge on any atom is 0.00479 e. The number of rotatable bonds is 4. The zero-order valence-corrected chi connectivity index (χ0v) is 11.8. The number of piperidine rings is 1. The number of hydrogen-bond acceptors (Lipinski definition) is 2. The van der Waals surface area contributed by atoms with Crippen molar-refractivity contribution in [2.24, 2.45) is 5.41 Å². The van der Waals surface area contributed by atoms with Gasteiger partial charge < -0.3 is 10.2 Å². The van der Waals surface area contributed by atoms with Crippen molar-refractivity contribution in [1.82, 2.24) is 10.2 Å². The third-order valence-corrected chi connectivity index (χ3v) is 5.20. The molecule has 1 saturated heterocycles. The van der Waals surface area contributed by atoms with Crippen LogP contribution in [0.3, 0.4) is 0 Å². The largest absolute Gasteiger partial charge is 0.317 e. The van der Waals surface area contributed by atoms with E-state index in [0.29, 0.717) is 6.04 Å². The molecule has 0 aromatic carbocycles. The summed E-state index contributed by atoms with van der Waals surface area (Å²) in [5.74, 6) is 0. The Morgan fingerprint density at radius 1 is 1.06 bits per heavy atom. The molecule has 100 valence electrons. The van der Waals surface area contributed by atoms with Gasteiger partial charge in [-0.25, -0.2) is 0 Å². The van der Waals surface area contributed by atoms with Gasteiger partial charge in [0.2, 0.25) is 0 Å². The number of hydrogen-bond donors (Lipinski definition) is 1. The molecular weight excluding hydrogens is 208 g/mol. The Hall–Kier alpha value is -0.0800. The topological polar surface area (TPSA) is 15.3 Å². The molecule has 2 heteroatoms. The van der Waals surface area contributed by atoms with Crippen LogP contribution < -0.4 is 5.32 Å². The lowest BCUT2D eigenvalue weighted by atomic mass is 9.68. The highest BCUT2D eigenvalue weighted by atomic mass is 15.1. The van der Waals surface area contributed by atoms with E-state index in [4.69, 9.17) is 0 Å². The normalized spacial score (nSPS) is 27.2. The Kier molecular flexibility index (Phi) is 4.87. The predicted molar refractivity (Wildman–Crippen MR) is 74.3 cm³/mol. The smallest absolute Gasteiger partial charge is 0.00479 e. The molecule has 1 N–H and O–H groups in total. The maximum absolute atomic E-state index is 3.33. The van der Waals surface area contributed by atoms with Crippen LogP contribution >= 0.6 is 0 Å². The van der Waals surface area contributed by atoms with Crippen LogP contribution in [0.5, 0.6) is 0 Å². The van der Waals surface area contributed by atoms with E-state index in [0.717, 1.165) is 5.41 Å². The van der Waals surface area contributed by atoms with Crippen molar-refractivity contribution >= 4 is 0 Å². The molecule has 1 atom stereocenters. The zero-order valence-electron chi connectivity index (χ0n) is 11.8. The molecule has 1 saturated carbocycles. The van der Waals surface area contributed by atoms with E-state index in [2.05, 4.69) is 24.2 Å². The van der Waals surface area contributed by atoms with Gasteiger partial charge in [-0.2, -0.15) is 0 Å². The molecule has 0 amide bonds. The van der Waals surface area contributed by atoms with E-state index in [-0.39, 0.29) is 0 Å². The third-order valence-electron chi connectivity index (χ3n) is 5.20. The average Bonchev–Trinajstić information content (AvgIpc) is 2.39. The van der Waals surface area contributed by atoms with Gasteiger partial charge in [0.05, 0.1) is 0 Å². The minimum Gasteiger partial charge on any atom is -0.317 e. The summed E-state index contributed by atoms with van der Waals surface area (Å²) in [5.41, 5.74) is 0.767. The van der Waals surface area contributed by atoms with Crippen LogP contribution in [-0.2, 0) is 0 Å². The molecule has 1 aliphatic heterocycles. The first-order valence-electron chi connectivity index (χ1n) is 7.64. The van der Waals surface area contributed by atoms with Gasteiger partial charge in [0.25, 0.3) is 0 Å². The van der Waals surface area contributed by atoms with Gasteiger partial charge in [0.1, 0.15) is 0 Å². The molecule has 2 aliphatic rings. The molecule has 2 fully saturated rings. The van der Waals surface area contributed by atoms with E-state index >= 15 is 0 Å². The highest BCUT2D eigenvalue weighted by Gasteiger charge is 2.35. The molecule has 1 unspecified atom stereocenters. The van der Waals surface area contributed by atoms with Crippen molar-refractivity contribution in [3.63, 3.8) is 0 Å². The zero-order chi connectivity index (χ0) is 12.1. The molecule has 2 nitrogen and oxygen atoms in total. The van der Waals surface area contributed by atoms with Crippen molar-refractivity contribution in [2.45, 2.75) is 64.3 Å². The van der Waals surface area contributed by atoms with Crippen molar-refractivity contribution in [1.29, 1.82) is 0 Å². The first-order valence-corrected chi connectivity index (χ1v) is 7.64. The lowest BCUT2D eigenvalue weighted by Gasteiger charge is -2.44. The van der Waals surface area contributed by atoms with Crippen molar-refractivity contribution < 1.29 is 0 Å². The van der Waals surface area contributed by atoms with Crippen LogP contribution in [0, 0.1) is 5.41 Å². The summed E-state index contributed by atoms with van der Waals surface area (Å²) in [6.45, 7) is 6.29. The monoisotopic (exact) mass is 238 g/mol. The third kappa shape index (κ3) is 3.69. The Morgan fingerprint density at radius 3 is 2.29 bits per heavy atom. The van der Waals surface area contributed by atoms with Crippen molar-refractivity contribution in [3.05, 3.63) is 0 Å². The highest BCUT2D eigenvalue weighted by Crippen LogP contribution is 2.44. The molecular formula is C15H30N2. The standard InChI is InChI=1S/C15H30N2/c1-14(16-2)6-11-17-12-9-15(10-13-17)7-4-3-5-8-15/h14,16H,3-13H2,1-2H3. The lowest BCUT2D eigenvalue weighted by Crippen LogP contribution is -2.42. The molecule has 1 spiro atoms. The summed E-state index contributed by atoms with van der Waals surface area (Å²) in [5, 5.41) is 3.33. The Balaban J connectivity index is 1.70. The Labute approximate surface area is 107 Å². The molecule has 0 aromatic rings. The highest BCUT2D eigenvalue weighted by molar-refractivity contribution is 4.88. The summed E-state index contributed by atoms with van der Waals surface area (Å²) < 4.78 is 0. The van der Waals surface area contributed by atoms with Gasteiger partial charge in [-0.1, -0.05) is 19.3 Å². The van der Waals surface area contributed by atoms with Crippen LogP contribution in [0.4, 0.5) is 0 Å². The second-order valence-corrected chi connectivity index (χ2v) is 6.38. The van der Waals surface area contributed by atoms with Gasteiger partial charge in [-0.3, -0.25) is 0 Å². The first kappa shape index (κ1) is 13.4. The van der Waals surface area contributed by atoms with E-state index < -0.39 is 0 Å². The minimum atomic E-state index is 0.667. The molecule has 2 rings (SSSR count). The fourth-order valence-electron chi connectivity index (χ4n) is 3.57. The van der Waals surface area contributed by atoms with E-state index in [9.17, 15) is 0 Å². The Morgan fingerprint density at radius 2 is 1.71 bits per heavy atom. The minimum absolute atomic E-state index is 0.667.